The molecule has 0 bridgehead atoms. The topological polar surface area (TPSA) is 76.9 Å². The number of carbonyl (C=O) groups excluding carboxylic acids is 2. The van der Waals surface area contributed by atoms with Gasteiger partial charge in [0.1, 0.15) is 11.3 Å². The van der Waals surface area contributed by atoms with Gasteiger partial charge in [0.15, 0.2) is 0 Å². The number of nitriles is 1. The molecule has 0 atom stereocenters. The molecular weight excluding hydrogens is 344 g/mol. The van der Waals surface area contributed by atoms with E-state index in [-0.39, 0.29) is 18.4 Å². The Labute approximate surface area is 161 Å². The number of likely N-dealkylation sites (N-methyl/N-ethyl adjacent to an activating group) is 1. The van der Waals surface area contributed by atoms with Crippen molar-refractivity contribution in [2.45, 2.75) is 25.8 Å². The number of carbonyl (C=O) groups is 2. The fourth-order valence-corrected chi connectivity index (χ4v) is 2.91. The molecule has 146 valence electrons. The first-order valence-electron chi connectivity index (χ1n) is 9.08. The van der Waals surface area contributed by atoms with Crippen LogP contribution in [0.3, 0.4) is 0 Å². The molecule has 2 rings (SSSR count). The van der Waals surface area contributed by atoms with Crippen molar-refractivity contribution < 1.29 is 14.3 Å². The molecule has 0 spiro atoms. The Kier molecular flexibility index (Phi) is 6.81. The van der Waals surface area contributed by atoms with E-state index < -0.39 is 5.54 Å². The number of amides is 2. The summed E-state index contributed by atoms with van der Waals surface area (Å²) in [5, 5.41) is 9.16. The molecule has 0 aliphatic carbocycles. The second-order valence-electron chi connectivity index (χ2n) is 7.31. The van der Waals surface area contributed by atoms with Gasteiger partial charge in [0, 0.05) is 33.2 Å². The summed E-state index contributed by atoms with van der Waals surface area (Å²) < 4.78 is 5.20. The minimum Gasteiger partial charge on any atom is -0.497 e. The quantitative estimate of drug-likeness (QED) is 0.748. The van der Waals surface area contributed by atoms with Crippen LogP contribution in [0.25, 0.3) is 0 Å². The fraction of sp³-hybridized carbons (Fsp3) is 0.550. The monoisotopic (exact) mass is 372 g/mol. The minimum atomic E-state index is -0.828. The number of benzene rings is 1. The van der Waals surface area contributed by atoms with Crippen molar-refractivity contribution in [3.63, 3.8) is 0 Å². The van der Waals surface area contributed by atoms with Crippen LogP contribution < -0.4 is 4.74 Å². The largest absolute Gasteiger partial charge is 0.497 e. The summed E-state index contributed by atoms with van der Waals surface area (Å²) >= 11 is 0. The van der Waals surface area contributed by atoms with Gasteiger partial charge in [-0.1, -0.05) is 12.1 Å². The molecule has 0 aromatic heterocycles. The first-order valence-corrected chi connectivity index (χ1v) is 9.08. The summed E-state index contributed by atoms with van der Waals surface area (Å²) in [4.78, 5) is 30.3. The van der Waals surface area contributed by atoms with Crippen LogP contribution in [0.1, 0.15) is 19.4 Å². The highest BCUT2D eigenvalue weighted by molar-refractivity contribution is 5.80. The number of rotatable bonds is 6. The van der Waals surface area contributed by atoms with Crippen molar-refractivity contribution in [1.82, 2.24) is 14.7 Å². The van der Waals surface area contributed by atoms with Crippen molar-refractivity contribution in [2.24, 2.45) is 0 Å². The second-order valence-corrected chi connectivity index (χ2v) is 7.31. The van der Waals surface area contributed by atoms with E-state index in [4.69, 9.17) is 10.00 Å². The number of hydrogen-bond donors (Lipinski definition) is 0. The molecule has 1 aliphatic heterocycles. The zero-order valence-electron chi connectivity index (χ0n) is 16.6. The summed E-state index contributed by atoms with van der Waals surface area (Å²) in [6.07, 6.45) is 0.342. The maximum atomic E-state index is 12.5. The molecule has 0 radical (unpaired) electrons. The second kappa shape index (κ2) is 8.87. The van der Waals surface area contributed by atoms with E-state index >= 15 is 0 Å². The molecule has 1 saturated heterocycles. The molecule has 1 aliphatic rings. The lowest BCUT2D eigenvalue weighted by Gasteiger charge is -2.36. The predicted octanol–water partition coefficient (Wildman–Crippen LogP) is 1.14. The molecule has 0 N–H and O–H groups in total. The van der Waals surface area contributed by atoms with Crippen molar-refractivity contribution >= 4 is 11.8 Å². The summed E-state index contributed by atoms with van der Waals surface area (Å²) in [7, 11) is 3.26. The Morgan fingerprint density at radius 2 is 1.93 bits per heavy atom. The normalized spacial score (nSPS) is 15.1. The maximum Gasteiger partial charge on any atom is 0.237 e. The van der Waals surface area contributed by atoms with Crippen LogP contribution in [0, 0.1) is 11.3 Å². The van der Waals surface area contributed by atoms with Crippen LogP contribution in [0.15, 0.2) is 24.3 Å². The van der Waals surface area contributed by atoms with Crippen molar-refractivity contribution in [1.29, 1.82) is 5.26 Å². The molecule has 27 heavy (non-hydrogen) atoms. The summed E-state index contributed by atoms with van der Waals surface area (Å²) in [6.45, 7) is 6.20. The zero-order valence-corrected chi connectivity index (χ0v) is 16.6. The van der Waals surface area contributed by atoms with E-state index in [1.165, 1.54) is 4.90 Å². The number of methoxy groups -OCH3 is 1. The average molecular weight is 372 g/mol. The predicted molar refractivity (Wildman–Crippen MR) is 102 cm³/mol. The zero-order chi connectivity index (χ0) is 20.0. The molecule has 7 nitrogen and oxygen atoms in total. The number of piperazine rings is 1. The van der Waals surface area contributed by atoms with E-state index in [0.717, 1.165) is 11.3 Å². The van der Waals surface area contributed by atoms with Crippen molar-refractivity contribution in [2.75, 3.05) is 46.9 Å². The lowest BCUT2D eigenvalue weighted by Crippen LogP contribution is -2.53. The first-order chi connectivity index (χ1) is 12.8. The Morgan fingerprint density at radius 3 is 2.52 bits per heavy atom. The Morgan fingerprint density at radius 1 is 1.26 bits per heavy atom. The number of nitrogens with zero attached hydrogens (tertiary/aromatic N) is 4. The highest BCUT2D eigenvalue weighted by Crippen LogP contribution is 2.15. The molecule has 1 aromatic carbocycles. The van der Waals surface area contributed by atoms with Crippen molar-refractivity contribution in [3.05, 3.63) is 29.8 Å². The lowest BCUT2D eigenvalue weighted by atomic mass is 10.1. The van der Waals surface area contributed by atoms with Gasteiger partial charge in [-0.25, -0.2) is 0 Å². The molecule has 2 amide bonds. The van der Waals surface area contributed by atoms with Gasteiger partial charge in [-0.05, 0) is 31.5 Å². The third-order valence-corrected chi connectivity index (χ3v) is 5.06. The highest BCUT2D eigenvalue weighted by atomic mass is 16.5. The molecule has 1 fully saturated rings. The van der Waals surface area contributed by atoms with Gasteiger partial charge in [-0.2, -0.15) is 5.26 Å². The third-order valence-electron chi connectivity index (χ3n) is 5.06. The molecular formula is C20H28N4O3. The van der Waals surface area contributed by atoms with Crippen molar-refractivity contribution in [3.8, 4) is 11.8 Å². The smallest absolute Gasteiger partial charge is 0.237 e. The molecule has 1 heterocycles. The van der Waals surface area contributed by atoms with Gasteiger partial charge in [0.2, 0.25) is 11.8 Å². The van der Waals surface area contributed by atoms with E-state index in [1.54, 1.807) is 28.0 Å². The number of ether oxygens (including phenoxy) is 1. The Bertz CT molecular complexity index is 718. The molecule has 0 saturated carbocycles. The Balaban J connectivity index is 1.83. The maximum absolute atomic E-state index is 12.5. The van der Waals surface area contributed by atoms with Gasteiger partial charge in [-0.15, -0.1) is 0 Å². The molecule has 1 aromatic rings. The van der Waals surface area contributed by atoms with E-state index in [1.807, 2.05) is 34.1 Å². The summed E-state index contributed by atoms with van der Waals surface area (Å²) in [5.74, 6) is 0.739. The molecule has 0 unspecified atom stereocenters. The van der Waals surface area contributed by atoms with E-state index in [9.17, 15) is 9.59 Å². The van der Waals surface area contributed by atoms with Crippen LogP contribution in [-0.4, -0.2) is 78.9 Å². The van der Waals surface area contributed by atoms with Gasteiger partial charge < -0.3 is 14.5 Å². The van der Waals surface area contributed by atoms with Crippen LogP contribution in [0.4, 0.5) is 0 Å². The van der Waals surface area contributed by atoms with Crippen LogP contribution in [0.2, 0.25) is 0 Å². The minimum absolute atomic E-state index is 0.0805. The van der Waals surface area contributed by atoms with Crippen LogP contribution in [0.5, 0.6) is 5.75 Å². The van der Waals surface area contributed by atoms with Gasteiger partial charge in [0.05, 0.1) is 26.1 Å². The summed E-state index contributed by atoms with van der Waals surface area (Å²) in [5.41, 5.74) is 0.100. The first kappa shape index (κ1) is 20.7. The fourth-order valence-electron chi connectivity index (χ4n) is 2.91. The Hall–Kier alpha value is -2.59. The van der Waals surface area contributed by atoms with Gasteiger partial charge in [0.25, 0.3) is 0 Å². The van der Waals surface area contributed by atoms with E-state index in [0.29, 0.717) is 32.6 Å². The van der Waals surface area contributed by atoms with Crippen LogP contribution in [-0.2, 0) is 16.0 Å². The highest BCUT2D eigenvalue weighted by Gasteiger charge is 2.29. The van der Waals surface area contributed by atoms with Gasteiger partial charge >= 0.3 is 0 Å². The van der Waals surface area contributed by atoms with Gasteiger partial charge in [-0.3, -0.25) is 14.5 Å². The molecule has 7 heteroatoms. The van der Waals surface area contributed by atoms with Crippen LogP contribution >= 0.6 is 0 Å². The third kappa shape index (κ3) is 5.44. The average Bonchev–Trinajstić information content (AvgIpc) is 2.67. The SMILES string of the molecule is COc1cccc(CC(=O)N2CCN(CC(=O)N(C)C(C)(C)C#N)CC2)c1. The standard InChI is InChI=1S/C20H28N4O3/c1-20(2,15-21)22(3)19(26)14-23-8-10-24(11-9-23)18(25)13-16-6-5-7-17(12-16)27-4/h5-7,12H,8-11,13-14H2,1-4H3. The lowest BCUT2D eigenvalue weighted by molar-refractivity contribution is -0.136. The van der Waals surface area contributed by atoms with E-state index in [2.05, 4.69) is 6.07 Å². The number of hydrogen-bond acceptors (Lipinski definition) is 5. The summed E-state index contributed by atoms with van der Waals surface area (Å²) in [6, 6.07) is 9.67.